The van der Waals surface area contributed by atoms with E-state index in [-0.39, 0.29) is 4.72 Å². The van der Waals surface area contributed by atoms with E-state index in [1.54, 1.807) is 6.92 Å². The molecule has 1 nitrogen and oxygen atoms in total. The molecule has 0 heterocycles. The van der Waals surface area contributed by atoms with E-state index >= 15 is 0 Å². The average molecular weight is 167 g/mol. The van der Waals surface area contributed by atoms with Gasteiger partial charge in [0.25, 0.3) is 0 Å². The summed E-state index contributed by atoms with van der Waals surface area (Å²) < 4.78 is 1.43. The molecule has 0 unspecified atom stereocenters. The first-order chi connectivity index (χ1) is 4.29. The Kier molecular flexibility index (Phi) is 2.25. The fourth-order valence-corrected chi connectivity index (χ4v) is 1.51. The second-order valence-electron chi connectivity index (χ2n) is 1.74. The second-order valence-corrected chi connectivity index (χ2v) is 3.40. The van der Waals surface area contributed by atoms with Crippen molar-refractivity contribution in [2.75, 3.05) is 0 Å². The molecule has 1 aliphatic carbocycles. The molecule has 2 heteroatoms. The summed E-state index contributed by atoms with van der Waals surface area (Å²) in [6, 6.07) is 0. The summed E-state index contributed by atoms with van der Waals surface area (Å²) in [6.45, 7) is 1.61. The monoisotopic (exact) mass is 167 g/mol. The van der Waals surface area contributed by atoms with Gasteiger partial charge in [-0.2, -0.15) is 0 Å². The van der Waals surface area contributed by atoms with Crippen LogP contribution in [-0.2, 0) is 19.5 Å². The van der Waals surface area contributed by atoms with E-state index in [1.165, 1.54) is 4.51 Å². The van der Waals surface area contributed by atoms with Crippen LogP contribution in [0.2, 0.25) is 0 Å². The molecule has 0 N–H and O–H groups in total. The van der Waals surface area contributed by atoms with Gasteiger partial charge in [0, 0.05) is 0 Å². The Labute approximate surface area is 60.8 Å². The second kappa shape index (κ2) is 2.99. The van der Waals surface area contributed by atoms with Gasteiger partial charge in [0.2, 0.25) is 0 Å². The molecule has 1 rings (SSSR count). The van der Waals surface area contributed by atoms with Crippen molar-refractivity contribution in [3.05, 3.63) is 22.7 Å². The van der Waals surface area contributed by atoms with Crippen LogP contribution in [0.15, 0.2) is 22.7 Å². The molecule has 0 aliphatic heterocycles. The summed E-state index contributed by atoms with van der Waals surface area (Å²) in [4.78, 5) is 10.5. The number of carbonyl (C=O) groups is 1. The van der Waals surface area contributed by atoms with Gasteiger partial charge in [0.05, 0.1) is 0 Å². The first-order valence-corrected chi connectivity index (χ1v) is 3.80. The van der Waals surface area contributed by atoms with Crippen LogP contribution in [0, 0.1) is 0 Å². The number of allylic oxidation sites excluding steroid dienone is 4. The molecule has 9 heavy (non-hydrogen) atoms. The van der Waals surface area contributed by atoms with Gasteiger partial charge >= 0.3 is 60.3 Å². The quantitative estimate of drug-likeness (QED) is 0.608. The van der Waals surface area contributed by atoms with E-state index < -0.39 is 0 Å². The molecule has 0 aromatic carbocycles. The van der Waals surface area contributed by atoms with Crippen LogP contribution in [-0.4, -0.2) is 4.72 Å². The Morgan fingerprint density at radius 2 is 2.56 bits per heavy atom. The zero-order valence-corrected chi connectivity index (χ0v) is 6.22. The molecule has 0 radical (unpaired) electrons. The number of hydrogen-bond donors (Lipinski definition) is 0. The Bertz CT molecular complexity index is 179. The molecule has 1 aliphatic rings. The number of carbonyl (C=O) groups excluding carboxylic acids is 1. The maximum atomic E-state index is 10.5. The number of hydrogen-bond acceptors (Lipinski definition) is 1. The first-order valence-electron chi connectivity index (χ1n) is 2.75. The Morgan fingerprint density at radius 3 is 3.00 bits per heavy atom. The minimum atomic E-state index is 0.223. The van der Waals surface area contributed by atoms with Gasteiger partial charge < -0.3 is 0 Å². The maximum absolute atomic E-state index is 10.5. The summed E-state index contributed by atoms with van der Waals surface area (Å²) >= 11 is 0.891. The SMILES string of the molecule is C[C](=O)[Co][C]1=CC=CC1. The Balaban J connectivity index is 2.39. The number of rotatable bonds is 2. The van der Waals surface area contributed by atoms with Crippen LogP contribution in [0.1, 0.15) is 13.3 Å². The minimum absolute atomic E-state index is 0.223. The van der Waals surface area contributed by atoms with Crippen molar-refractivity contribution in [2.45, 2.75) is 13.3 Å². The predicted octanol–water partition coefficient (Wildman–Crippen LogP) is 1.46. The molecule has 0 amide bonds. The van der Waals surface area contributed by atoms with Gasteiger partial charge in [-0.3, -0.25) is 0 Å². The fraction of sp³-hybridized carbons (Fsp3) is 0.286. The van der Waals surface area contributed by atoms with Crippen LogP contribution in [0.25, 0.3) is 0 Å². The molecular weight excluding hydrogens is 159 g/mol. The van der Waals surface area contributed by atoms with Crippen LogP contribution in [0.3, 0.4) is 0 Å². The van der Waals surface area contributed by atoms with Gasteiger partial charge in [0.1, 0.15) is 0 Å². The zero-order chi connectivity index (χ0) is 6.69. The summed E-state index contributed by atoms with van der Waals surface area (Å²) in [5.41, 5.74) is 0. The predicted molar refractivity (Wildman–Crippen MR) is 32.5 cm³/mol. The van der Waals surface area contributed by atoms with E-state index in [0.29, 0.717) is 0 Å². The van der Waals surface area contributed by atoms with Gasteiger partial charge in [-0.15, -0.1) is 0 Å². The van der Waals surface area contributed by atoms with Crippen LogP contribution in [0.4, 0.5) is 0 Å². The molecule has 0 atom stereocenters. The van der Waals surface area contributed by atoms with Crippen molar-refractivity contribution in [1.29, 1.82) is 0 Å². The van der Waals surface area contributed by atoms with Crippen molar-refractivity contribution in [3.8, 4) is 0 Å². The van der Waals surface area contributed by atoms with Gasteiger partial charge in [-0.05, 0) is 0 Å². The molecular formula is C7H8CoO. The molecule has 0 aromatic heterocycles. The first kappa shape index (κ1) is 6.77. The van der Waals surface area contributed by atoms with Gasteiger partial charge in [0.15, 0.2) is 0 Å². The Morgan fingerprint density at radius 1 is 1.78 bits per heavy atom. The third-order valence-corrected chi connectivity index (χ3v) is 2.02. The molecule has 0 saturated carbocycles. The van der Waals surface area contributed by atoms with E-state index in [2.05, 4.69) is 6.08 Å². The molecule has 0 aromatic rings. The van der Waals surface area contributed by atoms with Crippen molar-refractivity contribution in [2.24, 2.45) is 0 Å². The summed E-state index contributed by atoms with van der Waals surface area (Å²) in [6.07, 6.45) is 7.01. The van der Waals surface area contributed by atoms with E-state index in [9.17, 15) is 4.79 Å². The zero-order valence-electron chi connectivity index (χ0n) is 5.18. The summed E-state index contributed by atoms with van der Waals surface area (Å²) in [5, 5.41) is 0. The normalized spacial score (nSPS) is 16.3. The van der Waals surface area contributed by atoms with Crippen molar-refractivity contribution >= 4 is 4.72 Å². The third-order valence-electron chi connectivity index (χ3n) is 0.934. The van der Waals surface area contributed by atoms with Crippen molar-refractivity contribution in [1.82, 2.24) is 0 Å². The van der Waals surface area contributed by atoms with E-state index in [0.717, 1.165) is 21.1 Å². The van der Waals surface area contributed by atoms with Gasteiger partial charge in [-0.1, -0.05) is 0 Å². The summed E-state index contributed by atoms with van der Waals surface area (Å²) in [7, 11) is 0. The van der Waals surface area contributed by atoms with E-state index in [1.807, 2.05) is 12.2 Å². The van der Waals surface area contributed by atoms with Crippen LogP contribution >= 0.6 is 0 Å². The molecule has 0 saturated heterocycles. The molecule has 0 bridgehead atoms. The van der Waals surface area contributed by atoms with Crippen LogP contribution < -0.4 is 0 Å². The van der Waals surface area contributed by atoms with Gasteiger partial charge in [-0.25, -0.2) is 0 Å². The van der Waals surface area contributed by atoms with Crippen molar-refractivity contribution in [3.63, 3.8) is 0 Å². The Hall–Kier alpha value is -0.344. The van der Waals surface area contributed by atoms with Crippen LogP contribution in [0.5, 0.6) is 0 Å². The molecule has 51 valence electrons. The van der Waals surface area contributed by atoms with E-state index in [4.69, 9.17) is 0 Å². The van der Waals surface area contributed by atoms with Crippen molar-refractivity contribution < 1.29 is 19.5 Å². The standard InChI is InChI=1S/C5H5.C2H3O.Co/c1-2-4-5-3-1;1-2-3;/h1-3H,4H2;1H3;. The average Bonchev–Trinajstić information content (AvgIpc) is 2.15. The molecule has 0 spiro atoms. The summed E-state index contributed by atoms with van der Waals surface area (Å²) in [5.74, 6) is 0. The third kappa shape index (κ3) is 2.16. The topological polar surface area (TPSA) is 17.1 Å². The fourth-order valence-electron chi connectivity index (χ4n) is 0.624. The molecule has 0 fully saturated rings.